The predicted octanol–water partition coefficient (Wildman–Crippen LogP) is 2.82. The third-order valence-corrected chi connectivity index (χ3v) is 7.85. The van der Waals surface area contributed by atoms with Crippen LogP contribution in [0.3, 0.4) is 0 Å². The number of likely N-dealkylation sites (tertiary alicyclic amines) is 1. The van der Waals surface area contributed by atoms with Crippen molar-refractivity contribution in [2.45, 2.75) is 31.8 Å². The molecule has 2 aliphatic rings. The molecule has 2 amide bonds. The molecule has 5 rings (SSSR count). The molecule has 2 saturated heterocycles. The Hall–Kier alpha value is -2.34. The van der Waals surface area contributed by atoms with Gasteiger partial charge < -0.3 is 15.8 Å². The standard InChI is InChI=1S/C21H23BrN6O3S/c1-12-14(17-18(22)32-20-15(19(23)30)8-25-28(17)20)6-13(7-24-12)26-16(29)9-27-10-21(11-27)4-2-3-5-31-21/h6-8H,2-5,9-11H2,1H3,(H2,23,30)(H,26,29). The summed E-state index contributed by atoms with van der Waals surface area (Å²) in [5, 5.41) is 7.28. The Balaban J connectivity index is 1.33. The van der Waals surface area contributed by atoms with Gasteiger partial charge in [-0.15, -0.1) is 11.3 Å². The quantitative estimate of drug-likeness (QED) is 0.536. The van der Waals surface area contributed by atoms with Crippen LogP contribution in [0.15, 0.2) is 22.2 Å². The number of ether oxygens (including phenoxy) is 1. The number of fused-ring (bicyclic) bond motifs is 1. The molecule has 0 unspecified atom stereocenters. The molecule has 9 nitrogen and oxygen atoms in total. The van der Waals surface area contributed by atoms with Crippen molar-refractivity contribution in [1.82, 2.24) is 19.5 Å². The fourth-order valence-electron chi connectivity index (χ4n) is 4.48. The highest BCUT2D eigenvalue weighted by atomic mass is 79.9. The minimum atomic E-state index is -0.525. The van der Waals surface area contributed by atoms with E-state index in [-0.39, 0.29) is 11.5 Å². The monoisotopic (exact) mass is 518 g/mol. The predicted molar refractivity (Wildman–Crippen MR) is 125 cm³/mol. The number of aryl methyl sites for hydroxylation is 1. The van der Waals surface area contributed by atoms with Crippen LogP contribution in [-0.4, -0.2) is 63.2 Å². The normalized spacial score (nSPS) is 18.1. The Labute approximate surface area is 197 Å². The highest BCUT2D eigenvalue weighted by Crippen LogP contribution is 2.39. The first kappa shape index (κ1) is 21.5. The van der Waals surface area contributed by atoms with E-state index in [4.69, 9.17) is 10.5 Å². The maximum Gasteiger partial charge on any atom is 0.253 e. The number of thiazole rings is 1. The summed E-state index contributed by atoms with van der Waals surface area (Å²) in [5.74, 6) is -0.612. The second-order valence-electron chi connectivity index (χ2n) is 8.40. The van der Waals surface area contributed by atoms with E-state index in [2.05, 4.69) is 36.2 Å². The number of rotatable bonds is 5. The molecule has 3 aromatic rings. The SMILES string of the molecule is Cc1ncc(NC(=O)CN2CC3(CCCCO3)C2)cc1-c1c(Br)sc2c(C(N)=O)cnn12. The molecule has 0 bridgehead atoms. The molecule has 168 valence electrons. The smallest absolute Gasteiger partial charge is 0.253 e. The molecule has 3 N–H and O–H groups in total. The van der Waals surface area contributed by atoms with E-state index < -0.39 is 5.91 Å². The first-order valence-electron chi connectivity index (χ1n) is 10.4. The Kier molecular flexibility index (Phi) is 5.52. The Morgan fingerprint density at radius 3 is 2.88 bits per heavy atom. The summed E-state index contributed by atoms with van der Waals surface area (Å²) in [4.78, 5) is 31.5. The molecule has 0 aromatic carbocycles. The first-order chi connectivity index (χ1) is 15.3. The van der Waals surface area contributed by atoms with Crippen molar-refractivity contribution in [3.05, 3.63) is 33.5 Å². The van der Waals surface area contributed by atoms with Gasteiger partial charge in [-0.3, -0.25) is 19.5 Å². The lowest BCUT2D eigenvalue weighted by Gasteiger charge is -2.51. The number of halogens is 1. The number of amides is 2. The Morgan fingerprint density at radius 1 is 1.34 bits per heavy atom. The number of nitrogens with one attached hydrogen (secondary N) is 1. The van der Waals surface area contributed by atoms with Crippen molar-refractivity contribution in [2.75, 3.05) is 31.6 Å². The van der Waals surface area contributed by atoms with Crippen LogP contribution in [0.4, 0.5) is 5.69 Å². The molecule has 2 fully saturated rings. The molecule has 32 heavy (non-hydrogen) atoms. The van der Waals surface area contributed by atoms with E-state index in [0.717, 1.165) is 53.3 Å². The summed E-state index contributed by atoms with van der Waals surface area (Å²) in [6.07, 6.45) is 6.51. The molecule has 0 atom stereocenters. The number of hydrogen-bond acceptors (Lipinski definition) is 7. The number of pyridine rings is 1. The fraction of sp³-hybridized carbons (Fsp3) is 0.429. The topological polar surface area (TPSA) is 115 Å². The molecule has 5 heterocycles. The van der Waals surface area contributed by atoms with Crippen LogP contribution in [0.2, 0.25) is 0 Å². The van der Waals surface area contributed by atoms with Gasteiger partial charge in [-0.1, -0.05) is 0 Å². The van der Waals surface area contributed by atoms with E-state index in [0.29, 0.717) is 22.6 Å². The van der Waals surface area contributed by atoms with Gasteiger partial charge in [0.2, 0.25) is 5.91 Å². The maximum atomic E-state index is 12.6. The van der Waals surface area contributed by atoms with Crippen molar-refractivity contribution in [3.63, 3.8) is 0 Å². The van der Waals surface area contributed by atoms with Gasteiger partial charge in [-0.25, -0.2) is 4.52 Å². The van der Waals surface area contributed by atoms with E-state index in [9.17, 15) is 9.59 Å². The van der Waals surface area contributed by atoms with Crippen LogP contribution in [0, 0.1) is 6.92 Å². The van der Waals surface area contributed by atoms with Crippen molar-refractivity contribution < 1.29 is 14.3 Å². The fourth-order valence-corrected chi connectivity index (χ4v) is 6.28. The summed E-state index contributed by atoms with van der Waals surface area (Å²) in [5.41, 5.74) is 8.73. The number of nitrogens with zero attached hydrogens (tertiary/aromatic N) is 4. The lowest BCUT2D eigenvalue weighted by Crippen LogP contribution is -2.65. The van der Waals surface area contributed by atoms with Crippen LogP contribution in [0.1, 0.15) is 35.3 Å². The molecule has 11 heteroatoms. The summed E-state index contributed by atoms with van der Waals surface area (Å²) in [6.45, 7) is 4.64. The number of aromatic nitrogens is 3. The number of carbonyl (C=O) groups excluding carboxylic acids is 2. The molecule has 3 aromatic heterocycles. The maximum absolute atomic E-state index is 12.6. The minimum Gasteiger partial charge on any atom is -0.372 e. The van der Waals surface area contributed by atoms with Gasteiger partial charge in [-0.2, -0.15) is 5.10 Å². The second-order valence-corrected chi connectivity index (χ2v) is 10.7. The Bertz CT molecular complexity index is 1210. The van der Waals surface area contributed by atoms with Gasteiger partial charge in [0.1, 0.15) is 4.83 Å². The van der Waals surface area contributed by atoms with E-state index in [1.165, 1.54) is 24.0 Å². The van der Waals surface area contributed by atoms with Crippen molar-refractivity contribution in [2.24, 2.45) is 5.73 Å². The number of anilines is 1. The molecule has 1 spiro atoms. The van der Waals surface area contributed by atoms with E-state index in [1.807, 2.05) is 13.0 Å². The summed E-state index contributed by atoms with van der Waals surface area (Å²) < 4.78 is 8.42. The summed E-state index contributed by atoms with van der Waals surface area (Å²) >= 11 is 4.95. The van der Waals surface area contributed by atoms with Gasteiger partial charge in [0.25, 0.3) is 5.91 Å². The first-order valence-corrected chi connectivity index (χ1v) is 12.1. The van der Waals surface area contributed by atoms with Crippen LogP contribution >= 0.6 is 27.3 Å². The second kappa shape index (κ2) is 8.22. The summed E-state index contributed by atoms with van der Waals surface area (Å²) in [6, 6.07) is 1.87. The van der Waals surface area contributed by atoms with Gasteiger partial charge in [0, 0.05) is 31.0 Å². The third-order valence-electron chi connectivity index (χ3n) is 6.03. The molecule has 0 saturated carbocycles. The minimum absolute atomic E-state index is 0.0404. The van der Waals surface area contributed by atoms with Crippen LogP contribution in [0.5, 0.6) is 0 Å². The van der Waals surface area contributed by atoms with Crippen LogP contribution in [0.25, 0.3) is 16.1 Å². The molecule has 0 radical (unpaired) electrons. The highest BCUT2D eigenvalue weighted by molar-refractivity contribution is 9.11. The van der Waals surface area contributed by atoms with Gasteiger partial charge in [-0.05, 0) is 48.2 Å². The molecular formula is C21H23BrN6O3S. The zero-order valence-corrected chi connectivity index (χ0v) is 20.0. The zero-order valence-electron chi connectivity index (χ0n) is 17.6. The average Bonchev–Trinajstić information content (AvgIpc) is 3.27. The highest BCUT2D eigenvalue weighted by Gasteiger charge is 2.45. The number of primary amides is 1. The molecule has 2 aliphatic heterocycles. The average molecular weight is 519 g/mol. The number of nitrogens with two attached hydrogens (primary N) is 1. The Morgan fingerprint density at radius 2 is 2.16 bits per heavy atom. The van der Waals surface area contributed by atoms with Gasteiger partial charge >= 0.3 is 0 Å². The van der Waals surface area contributed by atoms with Gasteiger partial charge in [0.15, 0.2) is 0 Å². The summed E-state index contributed by atoms with van der Waals surface area (Å²) in [7, 11) is 0. The lowest BCUT2D eigenvalue weighted by atomic mass is 9.86. The zero-order chi connectivity index (χ0) is 22.5. The van der Waals surface area contributed by atoms with Gasteiger partial charge in [0.05, 0.1) is 45.3 Å². The van der Waals surface area contributed by atoms with Crippen molar-refractivity contribution in [1.29, 1.82) is 0 Å². The largest absolute Gasteiger partial charge is 0.372 e. The van der Waals surface area contributed by atoms with E-state index in [1.54, 1.807) is 10.7 Å². The number of carbonyl (C=O) groups is 2. The lowest BCUT2D eigenvalue weighted by molar-refractivity contribution is -0.167. The molecular weight excluding hydrogens is 496 g/mol. The molecule has 0 aliphatic carbocycles. The number of hydrogen-bond donors (Lipinski definition) is 2. The van der Waals surface area contributed by atoms with Crippen LogP contribution in [-0.2, 0) is 9.53 Å². The third kappa shape index (κ3) is 3.83. The van der Waals surface area contributed by atoms with Crippen molar-refractivity contribution >= 4 is 49.6 Å². The van der Waals surface area contributed by atoms with Crippen molar-refractivity contribution in [3.8, 4) is 11.3 Å². The van der Waals surface area contributed by atoms with Crippen LogP contribution < -0.4 is 11.1 Å². The van der Waals surface area contributed by atoms with E-state index >= 15 is 0 Å².